The molecule has 0 saturated carbocycles. The summed E-state index contributed by atoms with van der Waals surface area (Å²) in [7, 11) is 0. The maximum absolute atomic E-state index is 12.6. The first kappa shape index (κ1) is 17.6. The molecule has 4 rings (SSSR count). The van der Waals surface area contributed by atoms with Crippen LogP contribution in [0.5, 0.6) is 0 Å². The Kier molecular flexibility index (Phi) is 4.55. The van der Waals surface area contributed by atoms with Gasteiger partial charge in [0, 0.05) is 37.4 Å². The Hall–Kier alpha value is -1.81. The molecule has 2 aliphatic rings. The van der Waals surface area contributed by atoms with E-state index in [4.69, 9.17) is 11.6 Å². The van der Waals surface area contributed by atoms with E-state index >= 15 is 0 Å². The van der Waals surface area contributed by atoms with E-state index in [1.165, 1.54) is 28.8 Å². The molecule has 1 aromatic heterocycles. The third-order valence-corrected chi connectivity index (χ3v) is 6.30. The number of alkyl halides is 1. The van der Waals surface area contributed by atoms with Gasteiger partial charge >= 0.3 is 0 Å². The number of aromatic nitrogens is 2. The molecule has 0 N–H and O–H groups in total. The minimum atomic E-state index is 0.0189. The van der Waals surface area contributed by atoms with Crippen molar-refractivity contribution < 1.29 is 4.79 Å². The van der Waals surface area contributed by atoms with E-state index in [1.54, 1.807) is 0 Å². The number of rotatable bonds is 4. The van der Waals surface area contributed by atoms with Crippen LogP contribution in [-0.4, -0.2) is 32.5 Å². The molecule has 2 aromatic rings. The predicted molar refractivity (Wildman–Crippen MR) is 103 cm³/mol. The molecule has 1 amide bonds. The fourth-order valence-corrected chi connectivity index (χ4v) is 4.66. The topological polar surface area (TPSA) is 38.1 Å². The molecule has 0 fully saturated rings. The van der Waals surface area contributed by atoms with Crippen molar-refractivity contribution in [1.29, 1.82) is 0 Å². The number of carbonyl (C=O) groups excluding carboxylic acids is 1. The Morgan fingerprint density at radius 2 is 2.23 bits per heavy atom. The van der Waals surface area contributed by atoms with E-state index in [-0.39, 0.29) is 23.2 Å². The van der Waals surface area contributed by atoms with E-state index in [9.17, 15) is 4.79 Å². The summed E-state index contributed by atoms with van der Waals surface area (Å²) in [6.07, 6.45) is 5.94. The average Bonchev–Trinajstić information content (AvgIpc) is 3.22. The van der Waals surface area contributed by atoms with Crippen molar-refractivity contribution in [1.82, 2.24) is 14.7 Å². The van der Waals surface area contributed by atoms with Crippen LogP contribution in [0.2, 0.25) is 0 Å². The largest absolute Gasteiger partial charge is 0.334 e. The minimum absolute atomic E-state index is 0.0189. The molecular weight excluding hydrogens is 346 g/mol. The van der Waals surface area contributed by atoms with Crippen molar-refractivity contribution in [2.24, 2.45) is 0 Å². The van der Waals surface area contributed by atoms with Crippen LogP contribution < -0.4 is 0 Å². The second-order valence-corrected chi connectivity index (χ2v) is 8.49. The number of aryl methyl sites for hydroxylation is 2. The molecule has 26 heavy (non-hydrogen) atoms. The summed E-state index contributed by atoms with van der Waals surface area (Å²) in [5, 5.41) is 4.34. The van der Waals surface area contributed by atoms with Crippen molar-refractivity contribution in [3.8, 4) is 0 Å². The summed E-state index contributed by atoms with van der Waals surface area (Å²) in [5.41, 5.74) is 5.57. The molecule has 1 atom stereocenters. The highest BCUT2D eigenvalue weighted by molar-refractivity contribution is 6.27. The Morgan fingerprint density at radius 3 is 3.04 bits per heavy atom. The highest BCUT2D eigenvalue weighted by Gasteiger charge is 2.31. The lowest BCUT2D eigenvalue weighted by molar-refractivity contribution is -0.132. The molecule has 5 heteroatoms. The fourth-order valence-electron chi connectivity index (χ4n) is 4.50. The zero-order chi connectivity index (χ0) is 18.3. The van der Waals surface area contributed by atoms with Crippen LogP contribution in [-0.2, 0) is 36.1 Å². The first-order valence-corrected chi connectivity index (χ1v) is 10.00. The van der Waals surface area contributed by atoms with E-state index in [2.05, 4.69) is 37.1 Å². The van der Waals surface area contributed by atoms with Crippen LogP contribution in [0.4, 0.5) is 0 Å². The summed E-state index contributed by atoms with van der Waals surface area (Å²) < 4.78 is 2.04. The van der Waals surface area contributed by atoms with Crippen LogP contribution in [0, 0.1) is 0 Å². The lowest BCUT2D eigenvalue weighted by atomic mass is 9.86. The molecule has 0 bridgehead atoms. The van der Waals surface area contributed by atoms with E-state index in [0.717, 1.165) is 25.8 Å². The second kappa shape index (κ2) is 6.73. The summed E-state index contributed by atoms with van der Waals surface area (Å²) in [6.45, 7) is 6.12. The van der Waals surface area contributed by atoms with Gasteiger partial charge in [-0.2, -0.15) is 5.10 Å². The Bertz CT molecular complexity index is 826. The maximum atomic E-state index is 12.6. The van der Waals surface area contributed by atoms with Gasteiger partial charge in [-0.3, -0.25) is 9.48 Å². The van der Waals surface area contributed by atoms with Gasteiger partial charge < -0.3 is 4.90 Å². The number of nitrogens with zero attached hydrogens (tertiary/aromatic N) is 3. The first-order valence-electron chi connectivity index (χ1n) is 9.46. The zero-order valence-electron chi connectivity index (χ0n) is 15.5. The van der Waals surface area contributed by atoms with Crippen molar-refractivity contribution in [2.75, 3.05) is 5.88 Å². The van der Waals surface area contributed by atoms with Crippen LogP contribution >= 0.6 is 11.6 Å². The summed E-state index contributed by atoms with van der Waals surface area (Å²) in [6, 6.07) is 8.98. The van der Waals surface area contributed by atoms with Crippen molar-refractivity contribution in [3.05, 3.63) is 52.8 Å². The molecule has 138 valence electrons. The monoisotopic (exact) mass is 371 g/mol. The highest BCUT2D eigenvalue weighted by atomic mass is 35.5. The van der Waals surface area contributed by atoms with Gasteiger partial charge in [0.15, 0.2) is 0 Å². The van der Waals surface area contributed by atoms with Crippen LogP contribution in [0.15, 0.2) is 30.5 Å². The zero-order valence-corrected chi connectivity index (χ0v) is 16.3. The van der Waals surface area contributed by atoms with Gasteiger partial charge in [-0.1, -0.05) is 32.0 Å². The van der Waals surface area contributed by atoms with Gasteiger partial charge in [-0.25, -0.2) is 0 Å². The molecule has 0 saturated heterocycles. The number of hydrogen-bond acceptors (Lipinski definition) is 2. The third-order valence-electron chi connectivity index (χ3n) is 6.07. The first-order chi connectivity index (χ1) is 12.5. The average molecular weight is 372 g/mol. The standard InChI is InChI=1S/C21H26ClN3O/c1-21(2)8-5-16-11-15(3-4-19(16)21)14-24(20(26)13-22)17-7-10-25-18(12-17)6-9-23-25/h3-4,6,9,11,17H,5,7-8,10,12-14H2,1-2H3. The van der Waals surface area contributed by atoms with Gasteiger partial charge in [-0.05, 0) is 47.4 Å². The number of benzene rings is 1. The number of carbonyl (C=O) groups is 1. The third kappa shape index (κ3) is 3.16. The molecule has 1 aromatic carbocycles. The molecule has 0 radical (unpaired) electrons. The number of fused-ring (bicyclic) bond motifs is 2. The fraction of sp³-hybridized carbons (Fsp3) is 0.524. The van der Waals surface area contributed by atoms with Crippen LogP contribution in [0.1, 0.15) is 49.1 Å². The van der Waals surface area contributed by atoms with Crippen LogP contribution in [0.3, 0.4) is 0 Å². The Morgan fingerprint density at radius 1 is 1.38 bits per heavy atom. The minimum Gasteiger partial charge on any atom is -0.334 e. The van der Waals surface area contributed by atoms with E-state index < -0.39 is 0 Å². The lowest BCUT2D eigenvalue weighted by Crippen LogP contribution is -2.44. The van der Waals surface area contributed by atoms with Crippen molar-refractivity contribution in [2.45, 2.75) is 64.1 Å². The van der Waals surface area contributed by atoms with Crippen molar-refractivity contribution in [3.63, 3.8) is 0 Å². The molecule has 1 unspecified atom stereocenters. The van der Waals surface area contributed by atoms with Gasteiger partial charge in [0.1, 0.15) is 5.88 Å². The Balaban J connectivity index is 1.56. The molecule has 4 nitrogen and oxygen atoms in total. The Labute approximate surface area is 160 Å². The normalized spacial score (nSPS) is 20.5. The molecular formula is C21H26ClN3O. The smallest absolute Gasteiger partial charge is 0.238 e. The number of hydrogen-bond donors (Lipinski definition) is 0. The lowest BCUT2D eigenvalue weighted by Gasteiger charge is -2.34. The molecule has 2 heterocycles. The maximum Gasteiger partial charge on any atom is 0.238 e. The van der Waals surface area contributed by atoms with Gasteiger partial charge in [0.25, 0.3) is 0 Å². The SMILES string of the molecule is CC1(C)CCc2cc(CN(C(=O)CCl)C3CCn4nccc4C3)ccc21. The number of halogens is 1. The van der Waals surface area contributed by atoms with Crippen LogP contribution in [0.25, 0.3) is 0 Å². The van der Waals surface area contributed by atoms with Gasteiger partial charge in [-0.15, -0.1) is 11.6 Å². The quantitative estimate of drug-likeness (QED) is 0.769. The van der Waals surface area contributed by atoms with Crippen molar-refractivity contribution >= 4 is 17.5 Å². The summed E-state index contributed by atoms with van der Waals surface area (Å²) in [4.78, 5) is 14.6. The van der Waals surface area contributed by atoms with E-state index in [0.29, 0.717) is 6.54 Å². The molecule has 1 aliphatic carbocycles. The molecule has 0 spiro atoms. The summed E-state index contributed by atoms with van der Waals surface area (Å²) >= 11 is 5.93. The van der Waals surface area contributed by atoms with Gasteiger partial charge in [0.2, 0.25) is 5.91 Å². The van der Waals surface area contributed by atoms with E-state index in [1.807, 2.05) is 21.8 Å². The number of amides is 1. The highest BCUT2D eigenvalue weighted by Crippen LogP contribution is 2.38. The predicted octanol–water partition coefficient (Wildman–Crippen LogP) is 3.69. The molecule has 1 aliphatic heterocycles. The van der Waals surface area contributed by atoms with Gasteiger partial charge in [0.05, 0.1) is 0 Å². The second-order valence-electron chi connectivity index (χ2n) is 8.22. The summed E-state index contributed by atoms with van der Waals surface area (Å²) in [5.74, 6) is 0.0544.